The van der Waals surface area contributed by atoms with Crippen LogP contribution in [0.1, 0.15) is 62.8 Å². The molecule has 2 atom stereocenters. The summed E-state index contributed by atoms with van der Waals surface area (Å²) in [5.74, 6) is 6.99. The molecule has 0 radical (unpaired) electrons. The van der Waals surface area contributed by atoms with E-state index in [2.05, 4.69) is 39.7 Å². The highest BCUT2D eigenvalue weighted by molar-refractivity contribution is 6.10. The number of nitrogens with zero attached hydrogens (tertiary/aromatic N) is 3. The first-order valence-corrected chi connectivity index (χ1v) is 14.6. The van der Waals surface area contributed by atoms with Crippen LogP contribution in [0.25, 0.3) is 16.5 Å². The molecule has 3 aliphatic rings. The average molecular weight is 548 g/mol. The molecule has 1 amide bonds. The molecule has 1 fully saturated rings. The van der Waals surface area contributed by atoms with Crippen LogP contribution >= 0.6 is 0 Å². The van der Waals surface area contributed by atoms with Gasteiger partial charge in [0, 0.05) is 72.5 Å². The van der Waals surface area contributed by atoms with Crippen molar-refractivity contribution in [1.29, 1.82) is 5.41 Å². The zero-order chi connectivity index (χ0) is 28.7. The van der Waals surface area contributed by atoms with Crippen LogP contribution in [0, 0.1) is 29.1 Å². The molecule has 1 aliphatic carbocycles. The molecule has 7 heteroatoms. The normalized spacial score (nSPS) is 21.9. The summed E-state index contributed by atoms with van der Waals surface area (Å²) < 4.78 is 2.10. The van der Waals surface area contributed by atoms with Crippen LogP contribution < -0.4 is 5.32 Å². The largest absolute Gasteiger partial charge is 0.508 e. The average Bonchev–Trinajstić information content (AvgIpc) is 3.70. The number of fused-ring (bicyclic) bond motifs is 2. The summed E-state index contributed by atoms with van der Waals surface area (Å²) in [4.78, 5) is 20.1. The molecule has 1 aromatic carbocycles. The Morgan fingerprint density at radius 2 is 2.07 bits per heavy atom. The minimum atomic E-state index is -0.174. The molecule has 2 bridgehead atoms. The van der Waals surface area contributed by atoms with Crippen LogP contribution in [-0.4, -0.2) is 43.8 Å². The summed E-state index contributed by atoms with van der Waals surface area (Å²) >= 11 is 0. The number of aromatic hydroxyl groups is 1. The lowest BCUT2D eigenvalue weighted by atomic mass is 9.84. The number of rotatable bonds is 6. The number of aryl methyl sites for hydroxylation is 2. The van der Waals surface area contributed by atoms with Crippen molar-refractivity contribution in [1.82, 2.24) is 19.8 Å². The van der Waals surface area contributed by atoms with E-state index in [9.17, 15) is 15.3 Å². The van der Waals surface area contributed by atoms with E-state index in [1.807, 2.05) is 49.6 Å². The Hall–Kier alpha value is -4.31. The molecule has 3 N–H and O–H groups in total. The molecular formula is C34H37N5O2. The van der Waals surface area contributed by atoms with Crippen molar-refractivity contribution in [3.8, 4) is 17.6 Å². The highest BCUT2D eigenvalue weighted by atomic mass is 16.3. The van der Waals surface area contributed by atoms with Crippen molar-refractivity contribution in [2.24, 2.45) is 18.9 Å². The van der Waals surface area contributed by atoms with Crippen molar-refractivity contribution in [2.75, 3.05) is 6.54 Å². The molecular weight excluding hydrogens is 510 g/mol. The molecule has 6 rings (SSSR count). The minimum absolute atomic E-state index is 0.0577. The first-order chi connectivity index (χ1) is 19.8. The number of nitrogens with one attached hydrogen (secondary N) is 2. The zero-order valence-electron chi connectivity index (χ0n) is 24.0. The maximum atomic E-state index is 13.7. The topological polar surface area (TPSA) is 94.2 Å². The highest BCUT2D eigenvalue weighted by Gasteiger charge is 2.38. The van der Waals surface area contributed by atoms with Crippen LogP contribution in [0.5, 0.6) is 5.75 Å². The van der Waals surface area contributed by atoms with Gasteiger partial charge in [-0.25, -0.2) is 0 Å². The Balaban J connectivity index is 1.49. The van der Waals surface area contributed by atoms with Crippen molar-refractivity contribution >= 4 is 28.1 Å². The number of hydrogen-bond acceptors (Lipinski definition) is 5. The van der Waals surface area contributed by atoms with Gasteiger partial charge in [-0.15, -0.1) is 5.92 Å². The molecule has 210 valence electrons. The van der Waals surface area contributed by atoms with Crippen molar-refractivity contribution < 1.29 is 9.90 Å². The van der Waals surface area contributed by atoms with Crippen LogP contribution in [-0.2, 0) is 18.3 Å². The fourth-order valence-corrected chi connectivity index (χ4v) is 6.32. The number of phenols is 1. The maximum absolute atomic E-state index is 13.7. The summed E-state index contributed by atoms with van der Waals surface area (Å²) in [5.41, 5.74) is 7.16. The van der Waals surface area contributed by atoms with E-state index in [-0.39, 0.29) is 23.6 Å². The van der Waals surface area contributed by atoms with Gasteiger partial charge in [0.05, 0.1) is 17.3 Å². The highest BCUT2D eigenvalue weighted by Crippen LogP contribution is 2.40. The molecule has 1 unspecified atom stereocenters. The molecule has 1 saturated carbocycles. The van der Waals surface area contributed by atoms with Gasteiger partial charge in [-0.1, -0.05) is 18.8 Å². The van der Waals surface area contributed by atoms with Crippen molar-refractivity contribution in [3.05, 3.63) is 77.0 Å². The van der Waals surface area contributed by atoms with E-state index in [0.29, 0.717) is 37.4 Å². The smallest absolute Gasteiger partial charge is 0.230 e. The molecule has 3 aromatic rings. The lowest BCUT2D eigenvalue weighted by molar-refractivity contribution is -0.135. The van der Waals surface area contributed by atoms with E-state index >= 15 is 0 Å². The Morgan fingerprint density at radius 3 is 2.85 bits per heavy atom. The van der Waals surface area contributed by atoms with E-state index in [1.54, 1.807) is 12.1 Å². The number of phenolic OH excluding ortho intramolecular Hbond substituents is 1. The number of aromatic nitrogens is 2. The maximum Gasteiger partial charge on any atom is 0.230 e. The van der Waals surface area contributed by atoms with Crippen molar-refractivity contribution in [3.63, 3.8) is 0 Å². The van der Waals surface area contributed by atoms with Gasteiger partial charge in [-0.3, -0.25) is 9.78 Å². The monoisotopic (exact) mass is 547 g/mol. The lowest BCUT2D eigenvalue weighted by Crippen LogP contribution is -2.49. The molecule has 0 saturated heterocycles. The molecule has 2 aromatic heterocycles. The van der Waals surface area contributed by atoms with Crippen LogP contribution in [0.15, 0.2) is 60.2 Å². The summed E-state index contributed by atoms with van der Waals surface area (Å²) in [6.45, 7) is 4.57. The number of hydrogen-bond donors (Lipinski definition) is 3. The number of carbonyl (C=O) groups excluding carboxylic acids is 1. The standard InChI is InChI=1S/C34H37N5O2/c1-4-5-23-15-32(38(3)19-23)27(10-8-24-12-13-36-30-11-9-26(40)17-28(24)30)33-29(35)16-25(14-22-6-7-22)34(41)39-20-31(33)37-18-21(39)2/h9,11-13,15,17,19-22,25,35,37,40H,6-8,10,14,16,18H2,1-3H3/b33-27-,35-29?/t21-,25?/m0/s1. The van der Waals surface area contributed by atoms with Gasteiger partial charge >= 0.3 is 0 Å². The summed E-state index contributed by atoms with van der Waals surface area (Å²) in [6, 6.07) is 9.46. The molecule has 7 nitrogen and oxygen atoms in total. The third kappa shape index (κ3) is 5.39. The van der Waals surface area contributed by atoms with Gasteiger partial charge < -0.3 is 25.3 Å². The number of pyridine rings is 1. The lowest BCUT2D eigenvalue weighted by Gasteiger charge is -2.38. The third-order valence-electron chi connectivity index (χ3n) is 8.62. The van der Waals surface area contributed by atoms with E-state index in [1.165, 1.54) is 12.8 Å². The first kappa shape index (κ1) is 26.9. The summed E-state index contributed by atoms with van der Waals surface area (Å²) in [6.07, 6.45) is 10.8. The minimum Gasteiger partial charge on any atom is -0.508 e. The molecule has 41 heavy (non-hydrogen) atoms. The van der Waals surface area contributed by atoms with E-state index in [4.69, 9.17) is 0 Å². The van der Waals surface area contributed by atoms with Gasteiger partial charge in [-0.2, -0.15) is 0 Å². The zero-order valence-corrected chi connectivity index (χ0v) is 24.0. The molecule has 2 aliphatic heterocycles. The number of amides is 1. The predicted molar refractivity (Wildman–Crippen MR) is 162 cm³/mol. The Kier molecular flexibility index (Phi) is 7.17. The van der Waals surface area contributed by atoms with E-state index < -0.39 is 0 Å². The van der Waals surface area contributed by atoms with Gasteiger partial charge in [0.15, 0.2) is 0 Å². The Labute approximate surface area is 241 Å². The van der Waals surface area contributed by atoms with Crippen LogP contribution in [0.3, 0.4) is 0 Å². The van der Waals surface area contributed by atoms with E-state index in [0.717, 1.165) is 51.0 Å². The SMILES string of the molecule is CC#Cc1cc(/C(CCc2ccnc3ccc(O)cc23)=C2/C(=N)CC(CC3CC3)C(=O)N3C=C2NC[C@@H]3C)n(C)c1. The summed E-state index contributed by atoms with van der Waals surface area (Å²) in [7, 11) is 2.03. The second-order valence-corrected chi connectivity index (χ2v) is 11.7. The van der Waals surface area contributed by atoms with Crippen LogP contribution in [0.2, 0.25) is 0 Å². The first-order valence-electron chi connectivity index (χ1n) is 14.6. The number of benzene rings is 1. The Morgan fingerprint density at radius 1 is 1.24 bits per heavy atom. The molecule has 0 spiro atoms. The van der Waals surface area contributed by atoms with Gasteiger partial charge in [0.1, 0.15) is 5.75 Å². The fraction of sp³-hybridized carbons (Fsp3) is 0.382. The molecule has 4 heterocycles. The third-order valence-corrected chi connectivity index (χ3v) is 8.62. The van der Waals surface area contributed by atoms with Gasteiger partial charge in [0.25, 0.3) is 0 Å². The second-order valence-electron chi connectivity index (χ2n) is 11.7. The Bertz CT molecular complexity index is 1660. The fourth-order valence-electron chi connectivity index (χ4n) is 6.32. The van der Waals surface area contributed by atoms with Crippen molar-refractivity contribution in [2.45, 2.75) is 58.4 Å². The quantitative estimate of drug-likeness (QED) is 0.353. The number of carbonyl (C=O) groups is 1. The van der Waals surface area contributed by atoms with Crippen LogP contribution in [0.4, 0.5) is 0 Å². The second kappa shape index (κ2) is 10.9. The summed E-state index contributed by atoms with van der Waals surface area (Å²) in [5, 5.41) is 24.1. The van der Waals surface area contributed by atoms with Gasteiger partial charge in [-0.05, 0) is 80.5 Å². The van der Waals surface area contributed by atoms with Gasteiger partial charge in [0.2, 0.25) is 5.91 Å². The number of allylic oxidation sites excluding steroid dienone is 2. The predicted octanol–water partition coefficient (Wildman–Crippen LogP) is 5.54.